The minimum Gasteiger partial charge on any atom is -0.0883 e. The van der Waals surface area contributed by atoms with Crippen molar-refractivity contribution < 1.29 is 0 Å². The van der Waals surface area contributed by atoms with Crippen LogP contribution in [0.4, 0.5) is 0 Å². The van der Waals surface area contributed by atoms with E-state index in [1.165, 1.54) is 77.0 Å². The lowest BCUT2D eigenvalue weighted by Gasteiger charge is -2.04. The molecular formula is C22H38Br2. The fourth-order valence-electron chi connectivity index (χ4n) is 2.61. The van der Waals surface area contributed by atoms with E-state index in [1.807, 2.05) is 0 Å². The Morgan fingerprint density at radius 2 is 1.33 bits per heavy atom. The second-order valence-electron chi connectivity index (χ2n) is 6.47. The van der Waals surface area contributed by atoms with Crippen molar-refractivity contribution in [3.63, 3.8) is 0 Å². The highest BCUT2D eigenvalue weighted by Gasteiger charge is 1.98. The van der Waals surface area contributed by atoms with Crippen LogP contribution in [0, 0.1) is 0 Å². The topological polar surface area (TPSA) is 0 Å². The van der Waals surface area contributed by atoms with Crippen molar-refractivity contribution in [3.05, 3.63) is 36.5 Å². The van der Waals surface area contributed by atoms with Crippen LogP contribution in [0.1, 0.15) is 90.4 Å². The Bertz CT molecular complexity index is 318. The van der Waals surface area contributed by atoms with Crippen LogP contribution in [0.5, 0.6) is 0 Å². The molecule has 1 unspecified atom stereocenters. The average Bonchev–Trinajstić information content (AvgIpc) is 2.59. The molecule has 0 radical (unpaired) electrons. The normalized spacial score (nSPS) is 13.6. The SMILES string of the molecule is CCCCCCC/C=C\C(Br)CCCCCCC=CCC=CCBr. The Balaban J connectivity index is 3.33. The van der Waals surface area contributed by atoms with Gasteiger partial charge in [0, 0.05) is 10.2 Å². The van der Waals surface area contributed by atoms with Crippen LogP contribution < -0.4 is 0 Å². The second kappa shape index (κ2) is 21.2. The molecule has 0 nitrogen and oxygen atoms in total. The number of allylic oxidation sites excluding steroid dienone is 6. The molecule has 0 aromatic carbocycles. The third-order valence-corrected chi connectivity index (χ3v) is 5.25. The molecule has 0 N–H and O–H groups in total. The van der Waals surface area contributed by atoms with Crippen LogP contribution >= 0.6 is 31.9 Å². The number of hydrogen-bond acceptors (Lipinski definition) is 0. The molecule has 0 aliphatic heterocycles. The second-order valence-corrected chi connectivity index (χ2v) is 8.30. The van der Waals surface area contributed by atoms with Crippen LogP contribution in [0.25, 0.3) is 0 Å². The molecule has 0 aliphatic carbocycles. The molecular weight excluding hydrogens is 424 g/mol. The summed E-state index contributed by atoms with van der Waals surface area (Å²) in [7, 11) is 0. The molecule has 140 valence electrons. The molecule has 1 atom stereocenters. The van der Waals surface area contributed by atoms with Gasteiger partial charge in [-0.1, -0.05) is 120 Å². The minimum atomic E-state index is 0.578. The molecule has 24 heavy (non-hydrogen) atoms. The van der Waals surface area contributed by atoms with E-state index in [-0.39, 0.29) is 0 Å². The third-order valence-electron chi connectivity index (χ3n) is 4.11. The Morgan fingerprint density at radius 3 is 2.04 bits per heavy atom. The van der Waals surface area contributed by atoms with Crippen molar-refractivity contribution in [2.24, 2.45) is 0 Å². The van der Waals surface area contributed by atoms with Gasteiger partial charge in [0.1, 0.15) is 0 Å². The maximum Gasteiger partial charge on any atom is 0.0325 e. The van der Waals surface area contributed by atoms with Crippen molar-refractivity contribution >= 4 is 31.9 Å². The predicted molar refractivity (Wildman–Crippen MR) is 120 cm³/mol. The van der Waals surface area contributed by atoms with Crippen LogP contribution in [0.3, 0.4) is 0 Å². The Hall–Kier alpha value is 0.180. The van der Waals surface area contributed by atoms with Gasteiger partial charge in [0.05, 0.1) is 0 Å². The summed E-state index contributed by atoms with van der Waals surface area (Å²) in [5.74, 6) is 0. The van der Waals surface area contributed by atoms with Gasteiger partial charge < -0.3 is 0 Å². The van der Waals surface area contributed by atoms with Crippen molar-refractivity contribution in [1.82, 2.24) is 0 Å². The average molecular weight is 462 g/mol. The molecule has 0 aromatic rings. The van der Waals surface area contributed by atoms with Gasteiger partial charge in [-0.2, -0.15) is 0 Å². The van der Waals surface area contributed by atoms with Crippen molar-refractivity contribution in [1.29, 1.82) is 0 Å². The van der Waals surface area contributed by atoms with E-state index in [4.69, 9.17) is 0 Å². The Morgan fingerprint density at radius 1 is 0.708 bits per heavy atom. The van der Waals surface area contributed by atoms with Crippen molar-refractivity contribution in [2.45, 2.75) is 95.2 Å². The Labute approximate surface area is 168 Å². The van der Waals surface area contributed by atoms with Crippen LogP contribution in [-0.4, -0.2) is 10.2 Å². The Kier molecular flexibility index (Phi) is 21.4. The van der Waals surface area contributed by atoms with Crippen LogP contribution in [0.15, 0.2) is 36.5 Å². The van der Waals surface area contributed by atoms with Gasteiger partial charge in [-0.05, 0) is 38.5 Å². The van der Waals surface area contributed by atoms with E-state index >= 15 is 0 Å². The highest BCUT2D eigenvalue weighted by Crippen LogP contribution is 2.15. The first kappa shape index (κ1) is 24.2. The van der Waals surface area contributed by atoms with E-state index in [2.05, 4.69) is 75.2 Å². The molecule has 0 aromatic heterocycles. The first-order valence-corrected chi connectivity index (χ1v) is 12.0. The lowest BCUT2D eigenvalue weighted by Crippen LogP contribution is -1.92. The highest BCUT2D eigenvalue weighted by molar-refractivity contribution is 9.09. The van der Waals surface area contributed by atoms with E-state index < -0.39 is 0 Å². The lowest BCUT2D eigenvalue weighted by atomic mass is 10.1. The fraction of sp³-hybridized carbons (Fsp3) is 0.727. The van der Waals surface area contributed by atoms with Crippen LogP contribution in [0.2, 0.25) is 0 Å². The van der Waals surface area contributed by atoms with Gasteiger partial charge in [0.2, 0.25) is 0 Å². The van der Waals surface area contributed by atoms with Crippen molar-refractivity contribution in [2.75, 3.05) is 5.33 Å². The largest absolute Gasteiger partial charge is 0.0883 e. The number of hydrogen-bond donors (Lipinski definition) is 0. The van der Waals surface area contributed by atoms with Gasteiger partial charge in [-0.25, -0.2) is 0 Å². The van der Waals surface area contributed by atoms with Crippen molar-refractivity contribution in [3.8, 4) is 0 Å². The molecule has 0 amide bonds. The first-order valence-electron chi connectivity index (χ1n) is 9.98. The zero-order valence-corrected chi connectivity index (χ0v) is 18.9. The first-order chi connectivity index (χ1) is 11.8. The fourth-order valence-corrected chi connectivity index (χ4v) is 3.42. The van der Waals surface area contributed by atoms with Gasteiger partial charge in [0.15, 0.2) is 0 Å². The monoisotopic (exact) mass is 460 g/mol. The molecule has 0 aliphatic rings. The number of unbranched alkanes of at least 4 members (excludes halogenated alkanes) is 9. The maximum atomic E-state index is 3.79. The van der Waals surface area contributed by atoms with Crippen LogP contribution in [-0.2, 0) is 0 Å². The molecule has 0 saturated carbocycles. The highest BCUT2D eigenvalue weighted by atomic mass is 79.9. The summed E-state index contributed by atoms with van der Waals surface area (Å²) in [5, 5.41) is 0.962. The van der Waals surface area contributed by atoms with Gasteiger partial charge in [0.25, 0.3) is 0 Å². The molecule has 0 rings (SSSR count). The summed E-state index contributed by atoms with van der Waals surface area (Å²) in [5.41, 5.74) is 0. The summed E-state index contributed by atoms with van der Waals surface area (Å²) in [6, 6.07) is 0. The summed E-state index contributed by atoms with van der Waals surface area (Å²) in [6.45, 7) is 2.27. The number of halogens is 2. The zero-order valence-electron chi connectivity index (χ0n) is 15.7. The number of alkyl halides is 2. The molecule has 2 heteroatoms. The summed E-state index contributed by atoms with van der Waals surface area (Å²) in [4.78, 5) is 0.578. The molecule has 0 bridgehead atoms. The molecule has 0 spiro atoms. The third kappa shape index (κ3) is 20.2. The smallest absolute Gasteiger partial charge is 0.0325 e. The number of rotatable bonds is 17. The minimum absolute atomic E-state index is 0.578. The van der Waals surface area contributed by atoms with Gasteiger partial charge in [-0.15, -0.1) is 0 Å². The molecule has 0 fully saturated rings. The quantitative estimate of drug-likeness (QED) is 0.115. The molecule has 0 saturated heterocycles. The molecule has 0 heterocycles. The predicted octanol–water partition coefficient (Wildman–Crippen LogP) is 8.90. The summed E-state index contributed by atoms with van der Waals surface area (Å²) < 4.78 is 0. The summed E-state index contributed by atoms with van der Waals surface area (Å²) in [6.07, 6.45) is 30.8. The van der Waals surface area contributed by atoms with E-state index in [1.54, 1.807) is 0 Å². The summed E-state index contributed by atoms with van der Waals surface area (Å²) >= 11 is 7.18. The standard InChI is InChI=1S/C22H38Br2/c1-2-3-4-5-10-13-16-19-22(24)20-17-14-11-8-6-7-9-12-15-18-21-23/h7,9,15-16,18-19,22H,2-6,8,10-14,17,20-21H2,1H3/b9-7?,18-15?,19-16-. The van der Waals surface area contributed by atoms with Gasteiger partial charge in [-0.3, -0.25) is 0 Å². The zero-order chi connectivity index (χ0) is 17.7. The maximum absolute atomic E-state index is 3.79. The lowest BCUT2D eigenvalue weighted by molar-refractivity contribution is 0.625. The van der Waals surface area contributed by atoms with E-state index in [9.17, 15) is 0 Å². The van der Waals surface area contributed by atoms with Gasteiger partial charge >= 0.3 is 0 Å². The van der Waals surface area contributed by atoms with E-state index in [0.29, 0.717) is 4.83 Å². The van der Waals surface area contributed by atoms with E-state index in [0.717, 1.165) is 11.8 Å².